The van der Waals surface area contributed by atoms with Crippen molar-refractivity contribution < 1.29 is 9.53 Å². The number of anilines is 3. The number of benzene rings is 2. The molecule has 0 saturated heterocycles. The first kappa shape index (κ1) is 22.7. The van der Waals surface area contributed by atoms with Crippen LogP contribution in [0.5, 0.6) is 0 Å². The molecule has 2 aromatic heterocycles. The molecule has 0 atom stereocenters. The zero-order chi connectivity index (χ0) is 24.5. The van der Waals surface area contributed by atoms with E-state index < -0.39 is 22.9 Å². The monoisotopic (exact) mass is 460 g/mol. The van der Waals surface area contributed by atoms with E-state index >= 15 is 0 Å². The molecular formula is C24H24N6O4. The number of nitrogens with one attached hydrogen (secondary N) is 2. The highest BCUT2D eigenvalue weighted by atomic mass is 16.6. The fourth-order valence-corrected chi connectivity index (χ4v) is 3.29. The lowest BCUT2D eigenvalue weighted by Crippen LogP contribution is -2.38. The number of carbonyl (C=O) groups excluding carboxylic acids is 1. The summed E-state index contributed by atoms with van der Waals surface area (Å²) in [6, 6.07) is 15.9. The number of aromatic nitrogens is 4. The van der Waals surface area contributed by atoms with Crippen molar-refractivity contribution in [2.45, 2.75) is 26.4 Å². The van der Waals surface area contributed by atoms with E-state index in [0.717, 1.165) is 10.3 Å². The van der Waals surface area contributed by atoms with Gasteiger partial charge in [0.2, 0.25) is 5.95 Å². The predicted molar refractivity (Wildman–Crippen MR) is 130 cm³/mol. The molecule has 2 aromatic carbocycles. The topological polar surface area (TPSA) is 120 Å². The first-order valence-electron chi connectivity index (χ1n) is 10.5. The highest BCUT2D eigenvalue weighted by Gasteiger charge is 2.18. The fraction of sp³-hybridized carbons (Fsp3) is 0.208. The number of hydrogen-bond acceptors (Lipinski definition) is 7. The SMILES string of the molecule is Cn1c(=O)c2cnc(Nc3ccccc3)nc2n(-c2cccc(NC(=O)OC(C)(C)C)c2)c1=O. The Kier molecular flexibility index (Phi) is 5.89. The smallest absolute Gasteiger partial charge is 0.412 e. The van der Waals surface area contributed by atoms with Crippen LogP contribution in [0.2, 0.25) is 0 Å². The molecule has 2 N–H and O–H groups in total. The van der Waals surface area contributed by atoms with Crippen molar-refractivity contribution in [3.8, 4) is 5.69 Å². The van der Waals surface area contributed by atoms with Gasteiger partial charge in [-0.2, -0.15) is 4.98 Å². The van der Waals surface area contributed by atoms with E-state index in [9.17, 15) is 14.4 Å². The number of ether oxygens (including phenoxy) is 1. The van der Waals surface area contributed by atoms with E-state index in [1.165, 1.54) is 17.8 Å². The highest BCUT2D eigenvalue weighted by molar-refractivity contribution is 5.85. The minimum atomic E-state index is -0.661. The minimum absolute atomic E-state index is 0.135. The van der Waals surface area contributed by atoms with Gasteiger partial charge in [-0.15, -0.1) is 0 Å². The summed E-state index contributed by atoms with van der Waals surface area (Å²) < 4.78 is 7.59. The molecule has 0 radical (unpaired) electrons. The van der Waals surface area contributed by atoms with Crippen molar-refractivity contribution in [1.29, 1.82) is 0 Å². The molecule has 0 saturated carbocycles. The maximum absolute atomic E-state index is 13.1. The van der Waals surface area contributed by atoms with Crippen LogP contribution < -0.4 is 21.9 Å². The summed E-state index contributed by atoms with van der Waals surface area (Å²) in [4.78, 5) is 46.7. The number of amides is 1. The molecule has 4 rings (SSSR count). The fourth-order valence-electron chi connectivity index (χ4n) is 3.29. The van der Waals surface area contributed by atoms with E-state index in [1.54, 1.807) is 45.0 Å². The molecule has 0 bridgehead atoms. The molecule has 0 aliphatic carbocycles. The molecule has 0 fully saturated rings. The first-order chi connectivity index (χ1) is 16.1. The van der Waals surface area contributed by atoms with Crippen LogP contribution in [0.3, 0.4) is 0 Å². The van der Waals surface area contributed by atoms with Crippen LogP contribution in [0.4, 0.5) is 22.1 Å². The van der Waals surface area contributed by atoms with E-state index in [4.69, 9.17) is 4.74 Å². The third-order valence-electron chi connectivity index (χ3n) is 4.77. The third kappa shape index (κ3) is 4.80. The average molecular weight is 460 g/mol. The molecule has 0 aliphatic heterocycles. The van der Waals surface area contributed by atoms with E-state index in [1.807, 2.05) is 30.3 Å². The summed E-state index contributed by atoms with van der Waals surface area (Å²) in [6.45, 7) is 5.29. The average Bonchev–Trinajstić information content (AvgIpc) is 2.77. The lowest BCUT2D eigenvalue weighted by molar-refractivity contribution is 0.0636. The molecule has 10 nitrogen and oxygen atoms in total. The number of carbonyl (C=O) groups is 1. The van der Waals surface area contributed by atoms with Crippen LogP contribution in [-0.2, 0) is 11.8 Å². The van der Waals surface area contributed by atoms with Crippen LogP contribution >= 0.6 is 0 Å². The normalized spacial score (nSPS) is 11.3. The zero-order valence-corrected chi connectivity index (χ0v) is 19.2. The largest absolute Gasteiger partial charge is 0.444 e. The first-order valence-corrected chi connectivity index (χ1v) is 10.5. The Morgan fingerprint density at radius 2 is 1.71 bits per heavy atom. The van der Waals surface area contributed by atoms with Crippen LogP contribution in [0.15, 0.2) is 70.4 Å². The number of fused-ring (bicyclic) bond motifs is 1. The van der Waals surface area contributed by atoms with Gasteiger partial charge in [0.25, 0.3) is 5.56 Å². The summed E-state index contributed by atoms with van der Waals surface area (Å²) in [5.74, 6) is 0.225. The Labute approximate surface area is 194 Å². The van der Waals surface area contributed by atoms with E-state index in [2.05, 4.69) is 20.6 Å². The van der Waals surface area contributed by atoms with Crippen LogP contribution in [0.1, 0.15) is 20.8 Å². The van der Waals surface area contributed by atoms with Gasteiger partial charge in [0.15, 0.2) is 5.65 Å². The number of nitrogens with zero attached hydrogens (tertiary/aromatic N) is 4. The zero-order valence-electron chi connectivity index (χ0n) is 19.2. The molecule has 0 spiro atoms. The second kappa shape index (κ2) is 8.81. The van der Waals surface area contributed by atoms with Crippen molar-refractivity contribution in [1.82, 2.24) is 19.1 Å². The van der Waals surface area contributed by atoms with Crippen molar-refractivity contribution in [2.75, 3.05) is 10.6 Å². The van der Waals surface area contributed by atoms with E-state index in [0.29, 0.717) is 11.4 Å². The van der Waals surface area contributed by atoms with Gasteiger partial charge in [0.1, 0.15) is 11.0 Å². The molecule has 0 aliphatic rings. The molecular weight excluding hydrogens is 436 g/mol. The lowest BCUT2D eigenvalue weighted by Gasteiger charge is -2.20. The van der Waals surface area contributed by atoms with Gasteiger partial charge >= 0.3 is 11.8 Å². The maximum atomic E-state index is 13.1. The van der Waals surface area contributed by atoms with Gasteiger partial charge in [-0.05, 0) is 51.1 Å². The van der Waals surface area contributed by atoms with Gasteiger partial charge < -0.3 is 10.1 Å². The van der Waals surface area contributed by atoms with Gasteiger partial charge in [-0.1, -0.05) is 24.3 Å². The maximum Gasteiger partial charge on any atom is 0.412 e. The summed E-state index contributed by atoms with van der Waals surface area (Å²) in [7, 11) is 1.39. The number of hydrogen-bond donors (Lipinski definition) is 2. The molecule has 174 valence electrons. The summed E-state index contributed by atoms with van der Waals surface area (Å²) in [5, 5.41) is 5.90. The van der Waals surface area contributed by atoms with Gasteiger partial charge in [-0.3, -0.25) is 14.7 Å². The molecule has 0 unspecified atom stereocenters. The summed E-state index contributed by atoms with van der Waals surface area (Å²) in [5.41, 5.74) is -0.0483. The Morgan fingerprint density at radius 3 is 2.41 bits per heavy atom. The Bertz CT molecular complexity index is 1490. The molecule has 1 amide bonds. The van der Waals surface area contributed by atoms with Crippen molar-refractivity contribution in [3.05, 3.63) is 81.6 Å². The quantitative estimate of drug-likeness (QED) is 0.478. The Balaban J connectivity index is 1.81. The Morgan fingerprint density at radius 1 is 1.00 bits per heavy atom. The Hall–Kier alpha value is -4.47. The third-order valence-corrected chi connectivity index (χ3v) is 4.77. The predicted octanol–water partition coefficient (Wildman–Crippen LogP) is 3.57. The molecule has 4 aromatic rings. The molecule has 10 heteroatoms. The number of para-hydroxylation sites is 1. The van der Waals surface area contributed by atoms with Crippen LogP contribution in [0, 0.1) is 0 Å². The second-order valence-electron chi connectivity index (χ2n) is 8.58. The van der Waals surface area contributed by atoms with Crippen molar-refractivity contribution in [2.24, 2.45) is 7.05 Å². The summed E-state index contributed by atoms with van der Waals surface area (Å²) in [6.07, 6.45) is 0.758. The van der Waals surface area contributed by atoms with Crippen LogP contribution in [0.25, 0.3) is 16.7 Å². The second-order valence-corrected chi connectivity index (χ2v) is 8.58. The van der Waals surface area contributed by atoms with Gasteiger partial charge in [0, 0.05) is 24.6 Å². The number of rotatable bonds is 4. The van der Waals surface area contributed by atoms with E-state index in [-0.39, 0.29) is 17.0 Å². The van der Waals surface area contributed by atoms with Gasteiger partial charge in [-0.25, -0.2) is 19.1 Å². The molecule has 2 heterocycles. The van der Waals surface area contributed by atoms with Crippen molar-refractivity contribution in [3.63, 3.8) is 0 Å². The molecule has 34 heavy (non-hydrogen) atoms. The van der Waals surface area contributed by atoms with Crippen molar-refractivity contribution >= 4 is 34.4 Å². The van der Waals surface area contributed by atoms with Crippen LogP contribution in [-0.4, -0.2) is 30.8 Å². The lowest BCUT2D eigenvalue weighted by atomic mass is 10.2. The minimum Gasteiger partial charge on any atom is -0.444 e. The standard InChI is InChI=1S/C24H24N6O4/c1-24(2,3)34-22(32)27-16-11-8-12-17(13-16)30-19-18(20(31)29(4)23(30)33)14-25-21(28-19)26-15-9-6-5-7-10-15/h5-14H,1-4H3,(H,27,32)(H,25,26,28). The highest BCUT2D eigenvalue weighted by Crippen LogP contribution is 2.19. The summed E-state index contributed by atoms with van der Waals surface area (Å²) >= 11 is 0. The van der Waals surface area contributed by atoms with Gasteiger partial charge in [0.05, 0.1) is 5.69 Å².